The minimum atomic E-state index is -0.226. The van der Waals surface area contributed by atoms with Gasteiger partial charge in [-0.1, -0.05) is 18.2 Å². The standard InChI is InChI=1S/C23H34N6O2.HI/c1-4-24-22(27-14-16-28(17-15-27)23(30)31-5-2)25-13-9-10-20-18-29(26-19(20)3)21-11-7-6-8-12-21;/h6-8,11-12,18H,4-5,9-10,13-17H2,1-3H3,(H,24,25);1H. The summed E-state index contributed by atoms with van der Waals surface area (Å²) in [6.07, 6.45) is 3.79. The smallest absolute Gasteiger partial charge is 0.409 e. The molecule has 2 aromatic rings. The van der Waals surface area contributed by atoms with Crippen LogP contribution < -0.4 is 5.32 Å². The van der Waals surface area contributed by atoms with Gasteiger partial charge in [-0.05, 0) is 51.3 Å². The predicted molar refractivity (Wildman–Crippen MR) is 138 cm³/mol. The highest BCUT2D eigenvalue weighted by molar-refractivity contribution is 14.0. The number of guanidine groups is 1. The van der Waals surface area contributed by atoms with E-state index in [4.69, 9.17) is 9.73 Å². The van der Waals surface area contributed by atoms with Gasteiger partial charge in [-0.3, -0.25) is 4.99 Å². The number of aromatic nitrogens is 2. The van der Waals surface area contributed by atoms with Crippen LogP contribution in [0.5, 0.6) is 0 Å². The molecule has 1 N–H and O–H groups in total. The fraction of sp³-hybridized carbons (Fsp3) is 0.522. The third kappa shape index (κ3) is 7.11. The Hall–Kier alpha value is -2.30. The molecule has 8 nitrogen and oxygen atoms in total. The third-order valence-corrected chi connectivity index (χ3v) is 5.33. The molecule has 0 radical (unpaired) electrons. The molecular formula is C23H35IN6O2. The molecule has 1 amide bonds. The first-order chi connectivity index (χ1) is 15.1. The van der Waals surface area contributed by atoms with Gasteiger partial charge in [0.05, 0.1) is 18.0 Å². The quantitative estimate of drug-likeness (QED) is 0.246. The van der Waals surface area contributed by atoms with Crippen LogP contribution in [-0.4, -0.2) is 77.5 Å². The Labute approximate surface area is 208 Å². The minimum Gasteiger partial charge on any atom is -0.450 e. The molecule has 1 aromatic carbocycles. The molecule has 0 bridgehead atoms. The van der Waals surface area contributed by atoms with Crippen molar-refractivity contribution in [2.75, 3.05) is 45.9 Å². The number of carbonyl (C=O) groups is 1. The minimum absolute atomic E-state index is 0. The number of nitrogens with one attached hydrogen (secondary N) is 1. The Morgan fingerprint density at radius 2 is 1.81 bits per heavy atom. The number of aliphatic imine (C=N–C) groups is 1. The Morgan fingerprint density at radius 1 is 1.12 bits per heavy atom. The van der Waals surface area contributed by atoms with E-state index in [1.165, 1.54) is 5.56 Å². The van der Waals surface area contributed by atoms with Crippen LogP contribution in [0.4, 0.5) is 4.79 Å². The van der Waals surface area contributed by atoms with Gasteiger partial charge in [0.1, 0.15) is 0 Å². The maximum absolute atomic E-state index is 11.9. The van der Waals surface area contributed by atoms with Crippen molar-refractivity contribution in [3.63, 3.8) is 0 Å². The summed E-state index contributed by atoms with van der Waals surface area (Å²) >= 11 is 0. The molecule has 3 rings (SSSR count). The summed E-state index contributed by atoms with van der Waals surface area (Å²) in [5, 5.41) is 8.03. The van der Waals surface area contributed by atoms with E-state index in [9.17, 15) is 4.79 Å². The van der Waals surface area contributed by atoms with Crippen molar-refractivity contribution in [1.29, 1.82) is 0 Å². The lowest BCUT2D eigenvalue weighted by Gasteiger charge is -2.35. The van der Waals surface area contributed by atoms with E-state index in [0.29, 0.717) is 19.7 Å². The molecule has 0 saturated carbocycles. The van der Waals surface area contributed by atoms with Crippen molar-refractivity contribution in [3.8, 4) is 5.69 Å². The summed E-state index contributed by atoms with van der Waals surface area (Å²) in [4.78, 5) is 20.7. The van der Waals surface area contributed by atoms with Crippen LogP contribution in [0, 0.1) is 6.92 Å². The van der Waals surface area contributed by atoms with Gasteiger partial charge in [0.25, 0.3) is 0 Å². The maximum atomic E-state index is 11.9. The molecule has 0 atom stereocenters. The summed E-state index contributed by atoms with van der Waals surface area (Å²) in [5.41, 5.74) is 3.40. The summed E-state index contributed by atoms with van der Waals surface area (Å²) in [6.45, 7) is 10.8. The Morgan fingerprint density at radius 3 is 2.47 bits per heavy atom. The van der Waals surface area contributed by atoms with Crippen LogP contribution in [0.25, 0.3) is 5.69 Å². The highest BCUT2D eigenvalue weighted by Gasteiger charge is 2.23. The fourth-order valence-electron chi connectivity index (χ4n) is 3.65. The maximum Gasteiger partial charge on any atom is 0.409 e. The molecule has 176 valence electrons. The molecule has 1 aromatic heterocycles. The van der Waals surface area contributed by atoms with Crippen LogP contribution in [0.1, 0.15) is 31.5 Å². The van der Waals surface area contributed by atoms with Crippen LogP contribution in [-0.2, 0) is 11.2 Å². The number of piperazine rings is 1. The Bertz CT molecular complexity index is 863. The molecule has 0 unspecified atom stereocenters. The average molecular weight is 554 g/mol. The Balaban J connectivity index is 0.00000363. The van der Waals surface area contributed by atoms with Gasteiger partial charge >= 0.3 is 6.09 Å². The van der Waals surface area contributed by atoms with Crippen molar-refractivity contribution < 1.29 is 9.53 Å². The van der Waals surface area contributed by atoms with E-state index in [-0.39, 0.29) is 30.1 Å². The van der Waals surface area contributed by atoms with Gasteiger partial charge in [0.2, 0.25) is 0 Å². The van der Waals surface area contributed by atoms with E-state index in [1.807, 2.05) is 29.8 Å². The number of amides is 1. The van der Waals surface area contributed by atoms with E-state index in [1.54, 1.807) is 4.90 Å². The molecule has 9 heteroatoms. The van der Waals surface area contributed by atoms with Crippen molar-refractivity contribution >= 4 is 36.0 Å². The normalized spacial score (nSPS) is 14.2. The van der Waals surface area contributed by atoms with E-state index < -0.39 is 0 Å². The van der Waals surface area contributed by atoms with Crippen LogP contribution in [0.2, 0.25) is 0 Å². The highest BCUT2D eigenvalue weighted by Crippen LogP contribution is 2.13. The second kappa shape index (κ2) is 13.3. The van der Waals surface area contributed by atoms with Crippen LogP contribution in [0.15, 0.2) is 41.5 Å². The third-order valence-electron chi connectivity index (χ3n) is 5.33. The largest absolute Gasteiger partial charge is 0.450 e. The first kappa shape index (κ1) is 26.0. The molecular weight excluding hydrogens is 519 g/mol. The van der Waals surface area contributed by atoms with Crippen molar-refractivity contribution in [3.05, 3.63) is 47.8 Å². The van der Waals surface area contributed by atoms with Gasteiger partial charge in [-0.15, -0.1) is 24.0 Å². The number of nitrogens with zero attached hydrogens (tertiary/aromatic N) is 5. The first-order valence-electron chi connectivity index (χ1n) is 11.2. The molecule has 2 heterocycles. The second-order valence-electron chi connectivity index (χ2n) is 7.53. The number of hydrogen-bond acceptors (Lipinski definition) is 4. The summed E-state index contributed by atoms with van der Waals surface area (Å²) in [6, 6.07) is 10.2. The van der Waals surface area contributed by atoms with E-state index >= 15 is 0 Å². The van der Waals surface area contributed by atoms with Gasteiger partial charge in [0.15, 0.2) is 5.96 Å². The second-order valence-corrected chi connectivity index (χ2v) is 7.53. The molecule has 1 saturated heterocycles. The summed E-state index contributed by atoms with van der Waals surface area (Å²) in [5.74, 6) is 0.919. The highest BCUT2D eigenvalue weighted by atomic mass is 127. The summed E-state index contributed by atoms with van der Waals surface area (Å²) in [7, 11) is 0. The zero-order chi connectivity index (χ0) is 22.1. The lowest BCUT2D eigenvalue weighted by Crippen LogP contribution is -2.53. The SMILES string of the molecule is CCNC(=NCCCc1cn(-c2ccccc2)nc1C)N1CCN(C(=O)OCC)CC1.I. The number of ether oxygens (including phenoxy) is 1. The molecule has 0 spiro atoms. The summed E-state index contributed by atoms with van der Waals surface area (Å²) < 4.78 is 7.05. The number of rotatable bonds is 7. The number of carbonyl (C=O) groups excluding carboxylic acids is 1. The number of halogens is 1. The lowest BCUT2D eigenvalue weighted by atomic mass is 10.1. The lowest BCUT2D eigenvalue weighted by molar-refractivity contribution is 0.0914. The topological polar surface area (TPSA) is 75.0 Å². The van der Waals surface area contributed by atoms with Gasteiger partial charge in [-0.25, -0.2) is 9.48 Å². The van der Waals surface area contributed by atoms with Crippen LogP contribution >= 0.6 is 24.0 Å². The predicted octanol–water partition coefficient (Wildman–Crippen LogP) is 3.47. The van der Waals surface area contributed by atoms with Gasteiger partial charge in [0, 0.05) is 45.5 Å². The van der Waals surface area contributed by atoms with Gasteiger partial charge < -0.3 is 19.9 Å². The van der Waals surface area contributed by atoms with Gasteiger partial charge in [-0.2, -0.15) is 5.10 Å². The van der Waals surface area contributed by atoms with E-state index in [0.717, 1.165) is 56.4 Å². The fourth-order valence-corrected chi connectivity index (χ4v) is 3.65. The first-order valence-corrected chi connectivity index (χ1v) is 11.2. The van der Waals surface area contributed by atoms with Crippen molar-refractivity contribution in [2.45, 2.75) is 33.6 Å². The van der Waals surface area contributed by atoms with E-state index in [2.05, 4.69) is 47.5 Å². The molecule has 1 fully saturated rings. The van der Waals surface area contributed by atoms with Crippen LogP contribution in [0.3, 0.4) is 0 Å². The average Bonchev–Trinajstić information content (AvgIpc) is 3.17. The number of hydrogen-bond donors (Lipinski definition) is 1. The molecule has 0 aliphatic carbocycles. The number of aryl methyl sites for hydroxylation is 2. The van der Waals surface area contributed by atoms with Crippen molar-refractivity contribution in [2.24, 2.45) is 4.99 Å². The zero-order valence-corrected chi connectivity index (χ0v) is 21.6. The monoisotopic (exact) mass is 554 g/mol. The molecule has 1 aliphatic rings. The molecule has 1 aliphatic heterocycles. The van der Waals surface area contributed by atoms with Crippen molar-refractivity contribution in [1.82, 2.24) is 24.9 Å². The number of benzene rings is 1. The molecule has 32 heavy (non-hydrogen) atoms. The zero-order valence-electron chi connectivity index (χ0n) is 19.3. The number of para-hydroxylation sites is 1. The Kier molecular flexibility index (Phi) is 10.8.